The van der Waals surface area contributed by atoms with Crippen molar-refractivity contribution in [3.8, 4) is 0 Å². The summed E-state index contributed by atoms with van der Waals surface area (Å²) in [5.74, 6) is 0.881. The fraction of sp³-hybridized carbons (Fsp3) is 0.304. The van der Waals surface area contributed by atoms with Crippen LogP contribution in [0.5, 0.6) is 0 Å². The van der Waals surface area contributed by atoms with E-state index in [1.54, 1.807) is 0 Å². The van der Waals surface area contributed by atoms with Crippen LogP contribution in [0, 0.1) is 19.8 Å². The molecule has 1 atom stereocenters. The van der Waals surface area contributed by atoms with Gasteiger partial charge in [0.25, 0.3) is 0 Å². The van der Waals surface area contributed by atoms with E-state index in [1.165, 1.54) is 27.8 Å². The van der Waals surface area contributed by atoms with Crippen molar-refractivity contribution >= 4 is 0 Å². The van der Waals surface area contributed by atoms with E-state index in [0.717, 1.165) is 0 Å². The molecule has 0 spiro atoms. The molecule has 2 aromatic rings. The van der Waals surface area contributed by atoms with Gasteiger partial charge in [0.05, 0.1) is 0 Å². The summed E-state index contributed by atoms with van der Waals surface area (Å²) < 4.78 is 0.0236. The van der Waals surface area contributed by atoms with Crippen LogP contribution in [0.15, 0.2) is 72.3 Å². The second-order valence-corrected chi connectivity index (χ2v) is 8.56. The summed E-state index contributed by atoms with van der Waals surface area (Å²) in [6.07, 6.45) is 6.97. The quantitative estimate of drug-likeness (QED) is 0.441. The summed E-state index contributed by atoms with van der Waals surface area (Å²) in [4.78, 5) is 0. The molecule has 4 heteroatoms. The van der Waals surface area contributed by atoms with Gasteiger partial charge < -0.3 is 37.2 Å². The Morgan fingerprint density at radius 3 is 1.70 bits per heavy atom. The molecule has 0 aromatic heterocycles. The summed E-state index contributed by atoms with van der Waals surface area (Å²) in [6, 6.07) is 18.0. The van der Waals surface area contributed by atoms with Crippen LogP contribution < -0.4 is 37.2 Å². The normalized spacial score (nSPS) is 17.9. The summed E-state index contributed by atoms with van der Waals surface area (Å²) in [7, 11) is 0. The predicted molar refractivity (Wildman–Crippen MR) is 99.0 cm³/mol. The smallest absolute Gasteiger partial charge is 1.00 e. The van der Waals surface area contributed by atoms with Crippen molar-refractivity contribution in [3.05, 3.63) is 94.6 Å². The third-order valence-electron chi connectivity index (χ3n) is 4.94. The van der Waals surface area contributed by atoms with Gasteiger partial charge in [-0.05, 0) is 0 Å². The molecule has 1 unspecified atom stereocenters. The number of aryl methyl sites for hydroxylation is 2. The van der Waals surface area contributed by atoms with Crippen LogP contribution >= 0.6 is 0 Å². The minimum absolute atomic E-state index is 0. The molecule has 0 nitrogen and oxygen atoms in total. The molecule has 2 aromatic carbocycles. The van der Waals surface area contributed by atoms with E-state index in [2.05, 4.69) is 115 Å². The van der Waals surface area contributed by atoms with Gasteiger partial charge in [0.1, 0.15) is 0 Å². The average Bonchev–Trinajstić information content (AvgIpc) is 2.90. The summed E-state index contributed by atoms with van der Waals surface area (Å²) in [5.41, 5.74) is 6.98. The molecule has 0 saturated heterocycles. The van der Waals surface area contributed by atoms with E-state index in [9.17, 15) is 0 Å². The molecule has 3 rings (SSSR count). The standard InChI is InChI=1S/C23H25.3ClH.Ti/c1-16(2)21-12-7-13-22(21)23(19-10-5-8-17(3)14-19)20-11-6-9-18(4)15-20;;;;/h5-16,23H,1-4H3;3*1H;/q;;;;+3/p-3. The van der Waals surface area contributed by atoms with Gasteiger partial charge in [0, 0.05) is 0 Å². The fourth-order valence-electron chi connectivity index (χ4n) is 3.89. The molecular weight excluding hydrogens is 430 g/mol. The Balaban J connectivity index is 0.00000225. The van der Waals surface area contributed by atoms with Crippen molar-refractivity contribution in [2.45, 2.75) is 37.3 Å². The van der Waals surface area contributed by atoms with Gasteiger partial charge in [-0.25, -0.2) is 0 Å². The molecule has 0 aliphatic heterocycles. The maximum Gasteiger partial charge on any atom is -1.00 e. The maximum absolute atomic E-state index is 2.40. The largest absolute Gasteiger partial charge is 1.00 e. The molecule has 0 bridgehead atoms. The first-order valence-electron chi connectivity index (χ1n) is 8.70. The van der Waals surface area contributed by atoms with Gasteiger partial charge in [-0.1, -0.05) is 0 Å². The first-order chi connectivity index (χ1) is 11.4. The van der Waals surface area contributed by atoms with Crippen LogP contribution in [0.3, 0.4) is 0 Å². The number of hydrogen-bond donors (Lipinski definition) is 0. The Labute approximate surface area is 194 Å². The summed E-state index contributed by atoms with van der Waals surface area (Å²) in [5, 5.41) is 0. The van der Waals surface area contributed by atoms with Crippen molar-refractivity contribution in [2.75, 3.05) is 0 Å². The number of allylic oxidation sites excluding steroid dienone is 4. The van der Waals surface area contributed by atoms with Gasteiger partial charge in [-0.2, -0.15) is 0 Å². The zero-order valence-electron chi connectivity index (χ0n) is 16.1. The summed E-state index contributed by atoms with van der Waals surface area (Å²) >= 11 is 2.40. The number of hydrogen-bond acceptors (Lipinski definition) is 0. The second kappa shape index (κ2) is 10.9. The number of benzene rings is 2. The van der Waals surface area contributed by atoms with E-state index < -0.39 is 0 Å². The van der Waals surface area contributed by atoms with Gasteiger partial charge in [0.15, 0.2) is 0 Å². The van der Waals surface area contributed by atoms with Crippen molar-refractivity contribution in [1.82, 2.24) is 0 Å². The fourth-order valence-corrected chi connectivity index (χ4v) is 5.14. The van der Waals surface area contributed by atoms with Crippen LogP contribution in [0.2, 0.25) is 3.72 Å². The zero-order chi connectivity index (χ0) is 17.3. The first kappa shape index (κ1) is 26.5. The van der Waals surface area contributed by atoms with Crippen LogP contribution in [0.25, 0.3) is 0 Å². The molecule has 1 aliphatic rings. The van der Waals surface area contributed by atoms with Crippen molar-refractivity contribution in [3.63, 3.8) is 0 Å². The Kier molecular flexibility index (Phi) is 10.7. The Bertz CT molecular complexity index is 765. The maximum atomic E-state index is 2.40. The Morgan fingerprint density at radius 1 is 0.815 bits per heavy atom. The van der Waals surface area contributed by atoms with Crippen molar-refractivity contribution < 1.29 is 57.7 Å². The molecule has 142 valence electrons. The molecule has 0 N–H and O–H groups in total. The topological polar surface area (TPSA) is 0 Å². The molecule has 0 amide bonds. The number of halogens is 3. The van der Waals surface area contributed by atoms with Crippen molar-refractivity contribution in [1.29, 1.82) is 0 Å². The van der Waals surface area contributed by atoms with E-state index in [4.69, 9.17) is 0 Å². The third-order valence-corrected chi connectivity index (χ3v) is 6.10. The predicted octanol–water partition coefficient (Wildman–Crippen LogP) is -2.69. The molecule has 0 fully saturated rings. The van der Waals surface area contributed by atoms with Crippen LogP contribution in [0.4, 0.5) is 0 Å². The van der Waals surface area contributed by atoms with Gasteiger partial charge in [-0.15, -0.1) is 0 Å². The summed E-state index contributed by atoms with van der Waals surface area (Å²) in [6.45, 7) is 8.98. The molecule has 1 aliphatic carbocycles. The zero-order valence-corrected chi connectivity index (χ0v) is 20.0. The Morgan fingerprint density at radius 2 is 1.30 bits per heavy atom. The molecule has 0 heterocycles. The van der Waals surface area contributed by atoms with Crippen molar-refractivity contribution in [2.24, 2.45) is 5.92 Å². The second-order valence-electron chi connectivity index (χ2n) is 7.27. The van der Waals surface area contributed by atoms with E-state index in [0.29, 0.717) is 11.8 Å². The van der Waals surface area contributed by atoms with Crippen LogP contribution in [-0.4, -0.2) is 0 Å². The minimum atomic E-state index is 0. The minimum Gasteiger partial charge on any atom is -1.00 e. The molecular formula is C23H25Cl3Ti. The van der Waals surface area contributed by atoms with E-state index in [1.807, 2.05) is 0 Å². The molecule has 27 heavy (non-hydrogen) atoms. The van der Waals surface area contributed by atoms with Crippen LogP contribution in [-0.2, 0) is 20.4 Å². The SMILES string of the molecule is Cc1cccc(C(c2cccc(C)c2)[C]2([Ti+3])C=CC=C2C(C)C)c1.[Cl-].[Cl-].[Cl-]. The third kappa shape index (κ3) is 5.52. The van der Waals surface area contributed by atoms with Gasteiger partial charge in [0.2, 0.25) is 0 Å². The molecule has 0 radical (unpaired) electrons. The van der Waals surface area contributed by atoms with E-state index in [-0.39, 0.29) is 40.9 Å². The first-order valence-corrected chi connectivity index (χ1v) is 9.48. The van der Waals surface area contributed by atoms with Crippen LogP contribution in [0.1, 0.15) is 42.0 Å². The molecule has 0 saturated carbocycles. The van der Waals surface area contributed by atoms with Gasteiger partial charge in [-0.3, -0.25) is 0 Å². The van der Waals surface area contributed by atoms with Gasteiger partial charge >= 0.3 is 158 Å². The van der Waals surface area contributed by atoms with E-state index >= 15 is 0 Å². The number of rotatable bonds is 4. The average molecular weight is 456 g/mol. The monoisotopic (exact) mass is 454 g/mol. The Hall–Kier alpha value is -0.496.